The van der Waals surface area contributed by atoms with Crippen molar-refractivity contribution >= 4 is 22.6 Å². The van der Waals surface area contributed by atoms with Crippen molar-refractivity contribution in [2.24, 2.45) is 0 Å². The number of carbonyl (C=O) groups excluding carboxylic acids is 1. The predicted octanol–water partition coefficient (Wildman–Crippen LogP) is 4.24. The van der Waals surface area contributed by atoms with Crippen LogP contribution in [0.5, 0.6) is 0 Å². The molecule has 1 fully saturated rings. The zero-order valence-electron chi connectivity index (χ0n) is 18.0. The minimum Gasteiger partial charge on any atom is -0.368 e. The second-order valence-electron chi connectivity index (χ2n) is 8.43. The Morgan fingerprint density at radius 3 is 2.30 bits per heavy atom. The van der Waals surface area contributed by atoms with Gasteiger partial charge in [0, 0.05) is 43.6 Å². The number of hydrogen-bond donors (Lipinski definition) is 0. The molecule has 158 valence electrons. The van der Waals surface area contributed by atoms with E-state index >= 15 is 0 Å². The van der Waals surface area contributed by atoms with Crippen molar-refractivity contribution in [2.45, 2.75) is 39.7 Å². The monoisotopic (exact) mass is 409 g/mol. The van der Waals surface area contributed by atoms with Crippen LogP contribution in [0.15, 0.2) is 36.5 Å². The summed E-state index contributed by atoms with van der Waals surface area (Å²) in [6.45, 7) is 11.0. The number of fused-ring (bicyclic) bond motifs is 1. The van der Waals surface area contributed by atoms with Crippen LogP contribution in [0.3, 0.4) is 0 Å². The number of nitrogens with zero attached hydrogens (tertiary/aromatic N) is 5. The Labute approximate surface area is 176 Å². The zero-order chi connectivity index (χ0) is 21.4. The highest BCUT2D eigenvalue weighted by Gasteiger charge is 2.26. The van der Waals surface area contributed by atoms with Crippen LogP contribution in [0.25, 0.3) is 11.0 Å². The number of anilines is 1. The van der Waals surface area contributed by atoms with E-state index < -0.39 is 0 Å². The number of rotatable bonds is 4. The number of hydrogen-bond acceptors (Lipinski definition) is 4. The van der Waals surface area contributed by atoms with Gasteiger partial charge in [0.05, 0.1) is 17.1 Å². The van der Waals surface area contributed by atoms with Gasteiger partial charge in [0.25, 0.3) is 5.91 Å². The van der Waals surface area contributed by atoms with E-state index in [1.54, 1.807) is 18.3 Å². The molecule has 1 aliphatic rings. The molecule has 1 saturated heterocycles. The maximum atomic E-state index is 13.4. The van der Waals surface area contributed by atoms with Crippen LogP contribution in [0.2, 0.25) is 0 Å². The lowest BCUT2D eigenvalue weighted by Crippen LogP contribution is -2.48. The highest BCUT2D eigenvalue weighted by Crippen LogP contribution is 2.26. The van der Waals surface area contributed by atoms with E-state index in [4.69, 9.17) is 4.98 Å². The lowest BCUT2D eigenvalue weighted by Gasteiger charge is -2.36. The lowest BCUT2D eigenvalue weighted by molar-refractivity contribution is 0.0748. The molecule has 7 heteroatoms. The van der Waals surface area contributed by atoms with Crippen LogP contribution in [0, 0.1) is 5.82 Å². The third-order valence-corrected chi connectivity index (χ3v) is 5.66. The Morgan fingerprint density at radius 2 is 1.70 bits per heavy atom. The van der Waals surface area contributed by atoms with Crippen molar-refractivity contribution in [2.75, 3.05) is 31.1 Å². The predicted molar refractivity (Wildman–Crippen MR) is 117 cm³/mol. The van der Waals surface area contributed by atoms with E-state index in [1.807, 2.05) is 15.6 Å². The van der Waals surface area contributed by atoms with Crippen molar-refractivity contribution in [1.82, 2.24) is 19.7 Å². The van der Waals surface area contributed by atoms with Gasteiger partial charge in [-0.2, -0.15) is 5.10 Å². The molecule has 0 saturated carbocycles. The molecule has 6 nitrogen and oxygen atoms in total. The number of pyridine rings is 1. The molecule has 0 radical (unpaired) electrons. The number of piperazine rings is 1. The average Bonchev–Trinajstić information content (AvgIpc) is 3.17. The molecule has 4 rings (SSSR count). The summed E-state index contributed by atoms with van der Waals surface area (Å²) in [6.07, 6.45) is 1.76. The van der Waals surface area contributed by atoms with Crippen molar-refractivity contribution in [3.05, 3.63) is 53.6 Å². The van der Waals surface area contributed by atoms with E-state index in [9.17, 15) is 9.18 Å². The van der Waals surface area contributed by atoms with Crippen LogP contribution < -0.4 is 4.90 Å². The molecule has 2 aromatic heterocycles. The SMILES string of the molecule is CC(C)c1cc(C(=O)N2CCN(c3ccc(F)cc3)CC2)c2cnn(C(C)C)c2n1. The quantitative estimate of drug-likeness (QED) is 0.647. The first-order valence-corrected chi connectivity index (χ1v) is 10.5. The molecule has 0 atom stereocenters. The lowest BCUT2D eigenvalue weighted by atomic mass is 10.0. The number of carbonyl (C=O) groups is 1. The summed E-state index contributed by atoms with van der Waals surface area (Å²) in [5, 5.41) is 5.29. The highest BCUT2D eigenvalue weighted by molar-refractivity contribution is 6.05. The van der Waals surface area contributed by atoms with E-state index in [1.165, 1.54) is 12.1 Å². The summed E-state index contributed by atoms with van der Waals surface area (Å²) in [4.78, 5) is 22.3. The Morgan fingerprint density at radius 1 is 1.03 bits per heavy atom. The number of aromatic nitrogens is 3. The first-order chi connectivity index (χ1) is 14.3. The summed E-state index contributed by atoms with van der Waals surface area (Å²) in [5.74, 6) is -0.00434. The molecule has 1 aromatic carbocycles. The summed E-state index contributed by atoms with van der Waals surface area (Å²) < 4.78 is 15.1. The van der Waals surface area contributed by atoms with Crippen molar-refractivity contribution in [3.63, 3.8) is 0 Å². The van der Waals surface area contributed by atoms with Gasteiger partial charge in [-0.1, -0.05) is 13.8 Å². The van der Waals surface area contributed by atoms with E-state index in [0.717, 1.165) is 22.4 Å². The molecule has 3 aromatic rings. The smallest absolute Gasteiger partial charge is 0.254 e. The summed E-state index contributed by atoms with van der Waals surface area (Å²) in [7, 11) is 0. The Hall–Kier alpha value is -2.96. The van der Waals surface area contributed by atoms with Gasteiger partial charge in [-0.15, -0.1) is 0 Å². The van der Waals surface area contributed by atoms with Crippen molar-refractivity contribution in [3.8, 4) is 0 Å². The largest absolute Gasteiger partial charge is 0.368 e. The molecule has 0 aliphatic carbocycles. The molecule has 1 aliphatic heterocycles. The maximum Gasteiger partial charge on any atom is 0.254 e. The maximum absolute atomic E-state index is 13.4. The molecule has 1 amide bonds. The molecular weight excluding hydrogens is 381 g/mol. The second-order valence-corrected chi connectivity index (χ2v) is 8.43. The number of amides is 1. The first-order valence-electron chi connectivity index (χ1n) is 10.5. The van der Waals surface area contributed by atoms with Gasteiger partial charge < -0.3 is 9.80 Å². The van der Waals surface area contributed by atoms with E-state index in [0.29, 0.717) is 31.7 Å². The summed E-state index contributed by atoms with van der Waals surface area (Å²) in [5.41, 5.74) is 3.32. The minimum atomic E-state index is -0.239. The van der Waals surface area contributed by atoms with Gasteiger partial charge in [0.15, 0.2) is 5.65 Å². The Kier molecular flexibility index (Phi) is 5.45. The standard InChI is InChI=1S/C23H28FN5O/c1-15(2)21-13-19(20-14-25-29(16(3)4)22(20)26-21)23(30)28-11-9-27(10-12-28)18-7-5-17(24)6-8-18/h5-8,13-16H,9-12H2,1-4H3. The topological polar surface area (TPSA) is 54.3 Å². The highest BCUT2D eigenvalue weighted by atomic mass is 19.1. The molecule has 0 bridgehead atoms. The Bertz CT molecular complexity index is 1050. The fourth-order valence-corrected chi connectivity index (χ4v) is 3.88. The molecule has 0 spiro atoms. The van der Waals surface area contributed by atoms with Gasteiger partial charge >= 0.3 is 0 Å². The molecule has 30 heavy (non-hydrogen) atoms. The van der Waals surface area contributed by atoms with Crippen molar-refractivity contribution < 1.29 is 9.18 Å². The van der Waals surface area contributed by atoms with Crippen molar-refractivity contribution in [1.29, 1.82) is 0 Å². The molecular formula is C23H28FN5O. The fourth-order valence-electron chi connectivity index (χ4n) is 3.88. The third kappa shape index (κ3) is 3.76. The van der Waals surface area contributed by atoms with Crippen LogP contribution >= 0.6 is 0 Å². The minimum absolute atomic E-state index is 0.0198. The number of benzene rings is 1. The third-order valence-electron chi connectivity index (χ3n) is 5.66. The van der Waals surface area contributed by atoms with Crippen LogP contribution in [0.1, 0.15) is 55.7 Å². The molecule has 0 N–H and O–H groups in total. The summed E-state index contributed by atoms with van der Waals surface area (Å²) in [6, 6.07) is 8.61. The van der Waals surface area contributed by atoms with Crippen LogP contribution in [0.4, 0.5) is 10.1 Å². The first kappa shape index (κ1) is 20.3. The average molecular weight is 410 g/mol. The van der Waals surface area contributed by atoms with Gasteiger partial charge in [0.1, 0.15) is 5.82 Å². The zero-order valence-corrected chi connectivity index (χ0v) is 18.0. The second kappa shape index (κ2) is 8.05. The Balaban J connectivity index is 1.59. The van der Waals surface area contributed by atoms with Gasteiger partial charge in [-0.05, 0) is 50.1 Å². The van der Waals surface area contributed by atoms with E-state index in [2.05, 4.69) is 37.7 Å². The van der Waals surface area contributed by atoms with Crippen LogP contribution in [-0.2, 0) is 0 Å². The summed E-state index contributed by atoms with van der Waals surface area (Å²) >= 11 is 0. The fraction of sp³-hybridized carbons (Fsp3) is 0.435. The molecule has 3 heterocycles. The number of halogens is 1. The molecule has 0 unspecified atom stereocenters. The van der Waals surface area contributed by atoms with Crippen LogP contribution in [-0.4, -0.2) is 51.8 Å². The van der Waals surface area contributed by atoms with Gasteiger partial charge in [0.2, 0.25) is 0 Å². The van der Waals surface area contributed by atoms with E-state index in [-0.39, 0.29) is 23.7 Å². The van der Waals surface area contributed by atoms with Gasteiger partial charge in [-0.25, -0.2) is 14.1 Å². The van der Waals surface area contributed by atoms with Gasteiger partial charge in [-0.3, -0.25) is 4.79 Å². The normalized spacial score (nSPS) is 14.9.